The van der Waals surface area contributed by atoms with Crippen molar-refractivity contribution in [2.75, 3.05) is 13.7 Å². The average molecular weight is 849 g/mol. The number of alkyl halides is 1. The molecule has 62 heavy (non-hydrogen) atoms. The molecule has 5 heterocycles. The van der Waals surface area contributed by atoms with Crippen molar-refractivity contribution in [1.82, 2.24) is 34.7 Å². The van der Waals surface area contributed by atoms with Crippen molar-refractivity contribution in [3.05, 3.63) is 66.5 Å². The van der Waals surface area contributed by atoms with E-state index in [0.717, 1.165) is 94.8 Å². The topological polar surface area (TPSA) is 173 Å². The van der Waals surface area contributed by atoms with E-state index in [1.54, 1.807) is 11.1 Å². The molecule has 6 atom stereocenters. The molecule has 2 fully saturated rings. The Labute approximate surface area is 362 Å². The summed E-state index contributed by atoms with van der Waals surface area (Å²) in [6.07, 6.45) is 9.75. The van der Waals surface area contributed by atoms with Crippen molar-refractivity contribution in [2.24, 2.45) is 29.4 Å². The van der Waals surface area contributed by atoms with E-state index in [9.17, 15) is 18.8 Å². The van der Waals surface area contributed by atoms with Gasteiger partial charge in [0.2, 0.25) is 5.91 Å². The number of aryl methyl sites for hydroxylation is 1. The second-order valence-corrected chi connectivity index (χ2v) is 18.4. The number of aromatic amines is 2. The van der Waals surface area contributed by atoms with Crippen LogP contribution in [0.3, 0.4) is 0 Å². The fraction of sp³-hybridized carbons (Fsp3) is 0.521. The highest BCUT2D eigenvalue weighted by Crippen LogP contribution is 2.49. The fourth-order valence-corrected chi connectivity index (χ4v) is 9.61. The number of imidazole rings is 2. The molecule has 2 aromatic carbocycles. The first-order chi connectivity index (χ1) is 29.8. The highest BCUT2D eigenvalue weighted by molar-refractivity contribution is 5.92. The van der Waals surface area contributed by atoms with Gasteiger partial charge in [-0.2, -0.15) is 0 Å². The number of halogens is 1. The Bertz CT molecular complexity index is 2410. The van der Waals surface area contributed by atoms with E-state index < -0.39 is 30.4 Å². The normalized spacial score (nSPS) is 20.3. The van der Waals surface area contributed by atoms with Crippen LogP contribution < -0.4 is 15.8 Å². The summed E-state index contributed by atoms with van der Waals surface area (Å²) in [7, 11) is 1.30. The van der Waals surface area contributed by atoms with Crippen LogP contribution in [0.1, 0.15) is 110 Å². The number of hydrogen-bond donors (Lipinski definition) is 4. The zero-order valence-corrected chi connectivity index (χ0v) is 36.7. The van der Waals surface area contributed by atoms with Crippen LogP contribution in [0.25, 0.3) is 44.7 Å². The minimum atomic E-state index is -1.14. The number of amides is 2. The molecule has 5 aromatic rings. The number of rotatable bonds is 15. The van der Waals surface area contributed by atoms with Crippen LogP contribution in [-0.4, -0.2) is 79.1 Å². The van der Waals surface area contributed by atoms with Crippen molar-refractivity contribution in [1.29, 1.82) is 0 Å². The van der Waals surface area contributed by atoms with Gasteiger partial charge in [-0.15, -0.1) is 0 Å². The van der Waals surface area contributed by atoms with E-state index in [-0.39, 0.29) is 48.6 Å². The maximum absolute atomic E-state index is 14.8. The molecule has 13 nitrogen and oxygen atoms in total. The summed E-state index contributed by atoms with van der Waals surface area (Å²) in [6, 6.07) is 13.3. The number of carbonyl (C=O) groups excluding carboxylic acids is 3. The van der Waals surface area contributed by atoms with Crippen molar-refractivity contribution in [3.63, 3.8) is 0 Å². The summed E-state index contributed by atoms with van der Waals surface area (Å²) in [6.45, 7) is 9.58. The summed E-state index contributed by atoms with van der Waals surface area (Å²) in [5, 5.41) is 3.81. The average Bonchev–Trinajstić information content (AvgIpc) is 4.12. The molecule has 0 spiro atoms. The molecular formula is C48H61FN8O5. The number of methoxy groups -OCH3 is 1. The Balaban J connectivity index is 0.986. The molecule has 1 saturated carbocycles. The van der Waals surface area contributed by atoms with Gasteiger partial charge in [-0.25, -0.2) is 19.2 Å². The van der Waals surface area contributed by atoms with Gasteiger partial charge >= 0.3 is 6.09 Å². The van der Waals surface area contributed by atoms with E-state index in [1.807, 2.05) is 40.8 Å². The summed E-state index contributed by atoms with van der Waals surface area (Å²) in [5.41, 5.74) is 13.1. The number of fused-ring (bicyclic) bond motifs is 5. The van der Waals surface area contributed by atoms with E-state index in [0.29, 0.717) is 11.7 Å². The van der Waals surface area contributed by atoms with Crippen LogP contribution in [-0.2, 0) is 20.7 Å². The van der Waals surface area contributed by atoms with Gasteiger partial charge in [0.15, 0.2) is 12.0 Å². The summed E-state index contributed by atoms with van der Waals surface area (Å²) < 4.78 is 28.8. The van der Waals surface area contributed by atoms with Crippen LogP contribution in [0.15, 0.2) is 54.9 Å². The predicted molar refractivity (Wildman–Crippen MR) is 237 cm³/mol. The van der Waals surface area contributed by atoms with Crippen molar-refractivity contribution in [3.8, 4) is 39.5 Å². The summed E-state index contributed by atoms with van der Waals surface area (Å²) >= 11 is 0. The zero-order valence-electron chi connectivity index (χ0n) is 36.7. The Kier molecular flexibility index (Phi) is 12.6. The number of nitrogens with two attached hydrogens (primary N) is 1. The van der Waals surface area contributed by atoms with E-state index >= 15 is 0 Å². The molecule has 3 aromatic heterocycles. The molecule has 0 bridgehead atoms. The lowest BCUT2D eigenvalue weighted by Gasteiger charge is -2.34. The van der Waals surface area contributed by atoms with Crippen LogP contribution in [0.2, 0.25) is 0 Å². The van der Waals surface area contributed by atoms with Gasteiger partial charge in [0.25, 0.3) is 0 Å². The molecule has 6 unspecified atom stereocenters. The Morgan fingerprint density at radius 2 is 1.68 bits per heavy atom. The number of hydrogen-bond acceptors (Lipinski definition) is 8. The van der Waals surface area contributed by atoms with Crippen LogP contribution in [0.4, 0.5) is 9.18 Å². The number of carbonyl (C=O) groups is 3. The maximum atomic E-state index is 14.8. The lowest BCUT2D eigenvalue weighted by molar-refractivity contribution is -0.134. The number of ketones is 1. The fourth-order valence-electron chi connectivity index (χ4n) is 9.61. The molecule has 2 amide bonds. The minimum Gasteiger partial charge on any atom is -0.469 e. The largest absolute Gasteiger partial charge is 0.469 e. The Morgan fingerprint density at radius 3 is 2.42 bits per heavy atom. The number of H-pyrrole nitrogens is 2. The number of alkyl carbamates (subject to hydrolysis) is 1. The number of Topliss-reactive ketones (excluding diaryl/α,β-unsaturated/α-hetero) is 1. The molecule has 5 N–H and O–H groups in total. The summed E-state index contributed by atoms with van der Waals surface area (Å²) in [4.78, 5) is 56.0. The van der Waals surface area contributed by atoms with E-state index in [4.69, 9.17) is 20.2 Å². The van der Waals surface area contributed by atoms with Gasteiger partial charge in [-0.05, 0) is 67.9 Å². The summed E-state index contributed by atoms with van der Waals surface area (Å²) in [5.74, 6) is 2.15. The molecule has 0 radical (unpaired) electrons. The third kappa shape index (κ3) is 8.62. The molecule has 1 saturated heterocycles. The van der Waals surface area contributed by atoms with Crippen LogP contribution in [0, 0.1) is 23.7 Å². The van der Waals surface area contributed by atoms with Crippen LogP contribution >= 0.6 is 0 Å². The quantitative estimate of drug-likeness (QED) is 0.0756. The highest BCUT2D eigenvalue weighted by atomic mass is 19.1. The van der Waals surface area contributed by atoms with Gasteiger partial charge < -0.3 is 40.0 Å². The number of benzene rings is 2. The predicted octanol–water partition coefficient (Wildman–Crippen LogP) is 9.06. The SMILES string of the molecule is COC(=O)NC(C(=O)C(C)CCCCc1ncc(-c2ccc3c(c2)cc2n3C(C3CCCC3)Oc3cc(-c4cnc(C5CC(F)CN5C(=O)C(N)C(C)C)[nH]4)ccc3-2)[nH]1)C(C)C. The van der Waals surface area contributed by atoms with Gasteiger partial charge in [0.1, 0.15) is 23.6 Å². The number of unbranched alkanes of at least 4 members (excludes halogenated alkanes) is 1. The second kappa shape index (κ2) is 18.1. The molecule has 8 rings (SSSR count). The number of aromatic nitrogens is 5. The van der Waals surface area contributed by atoms with Gasteiger partial charge in [-0.3, -0.25) is 9.59 Å². The molecular weight excluding hydrogens is 788 g/mol. The van der Waals surface area contributed by atoms with E-state index in [2.05, 4.69) is 67.3 Å². The lowest BCUT2D eigenvalue weighted by Crippen LogP contribution is -2.46. The zero-order chi connectivity index (χ0) is 43.8. The Hall–Kier alpha value is -5.50. The molecule has 3 aliphatic rings. The smallest absolute Gasteiger partial charge is 0.407 e. The maximum Gasteiger partial charge on any atom is 0.407 e. The van der Waals surface area contributed by atoms with Crippen molar-refractivity contribution >= 4 is 28.7 Å². The van der Waals surface area contributed by atoms with E-state index in [1.165, 1.54) is 20.0 Å². The third-order valence-corrected chi connectivity index (χ3v) is 13.3. The first-order valence-electron chi connectivity index (χ1n) is 22.4. The molecule has 14 heteroatoms. The van der Waals surface area contributed by atoms with Gasteiger partial charge in [0.05, 0.1) is 66.8 Å². The number of nitrogens with one attached hydrogen (secondary N) is 3. The van der Waals surface area contributed by atoms with Gasteiger partial charge in [0, 0.05) is 46.8 Å². The first kappa shape index (κ1) is 43.2. The monoisotopic (exact) mass is 848 g/mol. The highest BCUT2D eigenvalue weighted by Gasteiger charge is 2.41. The number of likely N-dealkylation sites (tertiary alicyclic amines) is 1. The molecule has 330 valence electrons. The van der Waals surface area contributed by atoms with Gasteiger partial charge in [-0.1, -0.05) is 66.0 Å². The standard InChI is InChI=1S/C48H61FN8O5/c1-26(2)42(50)46(59)56-25-33(49)22-39(56)45-52-24-36(54-45)31-15-17-34-38-20-32-19-30(16-18-37(32)57(38)47(62-40(34)21-31)29-12-8-9-13-29)35-23-51-41(53-35)14-10-7-11-28(5)44(58)43(27(3)4)55-48(60)61-6/h15-21,23-24,26-29,33,39,42-43,47H,7-14,22,25,50H2,1-6H3,(H,51,53)(H,52,54)(H,55,60). The molecule has 2 aliphatic heterocycles. The lowest BCUT2D eigenvalue weighted by atomic mass is 9.89. The van der Waals surface area contributed by atoms with Crippen molar-refractivity contribution < 1.29 is 28.2 Å². The number of nitrogens with zero attached hydrogens (tertiary/aromatic N) is 4. The Morgan fingerprint density at radius 1 is 0.952 bits per heavy atom. The second-order valence-electron chi connectivity index (χ2n) is 18.4. The van der Waals surface area contributed by atoms with Crippen molar-refractivity contribution in [2.45, 2.75) is 123 Å². The third-order valence-electron chi connectivity index (χ3n) is 13.3. The first-order valence-corrected chi connectivity index (χ1v) is 22.4. The molecule has 1 aliphatic carbocycles. The van der Waals surface area contributed by atoms with Crippen LogP contribution in [0.5, 0.6) is 5.75 Å². The minimum absolute atomic E-state index is 0.0130. The number of ether oxygens (including phenoxy) is 2.